The highest BCUT2D eigenvalue weighted by Crippen LogP contribution is 2.33. The van der Waals surface area contributed by atoms with Gasteiger partial charge in [-0.3, -0.25) is 0 Å². The van der Waals surface area contributed by atoms with Gasteiger partial charge in [0.25, 0.3) is 0 Å². The Bertz CT molecular complexity index is 143. The molecular weight excluding hydrogens is 160 g/mol. The molecule has 70 valence electrons. The molecule has 0 bridgehead atoms. The molecule has 2 aliphatic rings. The lowest BCUT2D eigenvalue weighted by Gasteiger charge is -1.91. The smallest absolute Gasteiger partial charge is 0.184 e. The first kappa shape index (κ1) is 8.44. The van der Waals surface area contributed by atoms with E-state index in [1.807, 2.05) is 0 Å². The quantitative estimate of drug-likeness (QED) is 0.569. The third-order valence-corrected chi connectivity index (χ3v) is 2.27. The molecule has 0 aromatic carbocycles. The number of epoxide rings is 2. The molecule has 0 saturated carbocycles. The monoisotopic (exact) mass is 174 g/mol. The fraction of sp³-hybridized carbons (Fsp3) is 1.00. The molecule has 0 N–H and O–H groups in total. The maximum absolute atomic E-state index is 5.19. The Hall–Kier alpha value is -0.160. The minimum atomic E-state index is 0.0322. The molecule has 0 spiro atoms. The molecule has 4 atom stereocenters. The van der Waals surface area contributed by atoms with E-state index in [4.69, 9.17) is 18.9 Å². The normalized spacial score (nSPS) is 44.5. The van der Waals surface area contributed by atoms with E-state index in [1.165, 1.54) is 0 Å². The van der Waals surface area contributed by atoms with Gasteiger partial charge in [-0.1, -0.05) is 0 Å². The van der Waals surface area contributed by atoms with Crippen LogP contribution in [-0.2, 0) is 18.9 Å². The molecular formula is C8H14O4. The number of ether oxygens (including phenoxy) is 4. The molecule has 0 aromatic heterocycles. The summed E-state index contributed by atoms with van der Waals surface area (Å²) in [6.45, 7) is 0. The van der Waals surface area contributed by atoms with Crippen LogP contribution in [0.15, 0.2) is 0 Å². The first-order valence-electron chi connectivity index (χ1n) is 4.21. The topological polar surface area (TPSA) is 43.5 Å². The molecule has 2 aliphatic heterocycles. The zero-order chi connectivity index (χ0) is 8.55. The van der Waals surface area contributed by atoms with Crippen LogP contribution in [0.4, 0.5) is 0 Å². The Morgan fingerprint density at radius 1 is 0.917 bits per heavy atom. The van der Waals surface area contributed by atoms with Crippen LogP contribution in [0.5, 0.6) is 0 Å². The van der Waals surface area contributed by atoms with E-state index in [1.54, 1.807) is 14.2 Å². The Balaban J connectivity index is 1.54. The van der Waals surface area contributed by atoms with Gasteiger partial charge in [0.2, 0.25) is 0 Å². The minimum absolute atomic E-state index is 0.0322. The second kappa shape index (κ2) is 3.30. The summed E-state index contributed by atoms with van der Waals surface area (Å²) in [5.74, 6) is 0. The predicted molar refractivity (Wildman–Crippen MR) is 40.6 cm³/mol. The molecule has 4 heteroatoms. The van der Waals surface area contributed by atoms with Gasteiger partial charge >= 0.3 is 0 Å². The maximum atomic E-state index is 5.19. The van der Waals surface area contributed by atoms with Crippen LogP contribution in [0, 0.1) is 0 Å². The average Bonchev–Trinajstić information content (AvgIpc) is 2.97. The van der Waals surface area contributed by atoms with Gasteiger partial charge in [0, 0.05) is 14.2 Å². The van der Waals surface area contributed by atoms with E-state index in [9.17, 15) is 0 Å². The van der Waals surface area contributed by atoms with Crippen molar-refractivity contribution in [2.45, 2.75) is 37.6 Å². The minimum Gasteiger partial charge on any atom is -0.353 e. The van der Waals surface area contributed by atoms with Crippen molar-refractivity contribution in [3.8, 4) is 0 Å². The van der Waals surface area contributed by atoms with Crippen LogP contribution in [0.25, 0.3) is 0 Å². The SMILES string of the molecule is COC1OC1CCC1OC1OC. The zero-order valence-electron chi connectivity index (χ0n) is 7.36. The summed E-state index contributed by atoms with van der Waals surface area (Å²) in [5.41, 5.74) is 0. The average molecular weight is 174 g/mol. The van der Waals surface area contributed by atoms with Gasteiger partial charge in [0.15, 0.2) is 12.6 Å². The molecule has 12 heavy (non-hydrogen) atoms. The maximum Gasteiger partial charge on any atom is 0.184 e. The number of hydrogen-bond donors (Lipinski definition) is 0. The fourth-order valence-corrected chi connectivity index (χ4v) is 1.41. The first-order chi connectivity index (χ1) is 5.85. The summed E-state index contributed by atoms with van der Waals surface area (Å²) in [4.78, 5) is 0. The standard InChI is InChI=1S/C8H14O4/c1-9-7-5(11-7)3-4-6-8(10-2)12-6/h5-8H,3-4H2,1-2H3. The predicted octanol–water partition coefficient (Wildman–Crippen LogP) is 0.509. The van der Waals surface area contributed by atoms with Crippen LogP contribution >= 0.6 is 0 Å². The second-order valence-electron chi connectivity index (χ2n) is 3.13. The summed E-state index contributed by atoms with van der Waals surface area (Å²) in [5, 5.41) is 0. The Morgan fingerprint density at radius 3 is 1.58 bits per heavy atom. The highest BCUT2D eigenvalue weighted by Gasteiger charge is 2.44. The summed E-state index contributed by atoms with van der Waals surface area (Å²) >= 11 is 0. The summed E-state index contributed by atoms with van der Waals surface area (Å²) in [6, 6.07) is 0. The van der Waals surface area contributed by atoms with Crippen LogP contribution in [0.1, 0.15) is 12.8 Å². The van der Waals surface area contributed by atoms with E-state index >= 15 is 0 Å². The van der Waals surface area contributed by atoms with Crippen molar-refractivity contribution < 1.29 is 18.9 Å². The molecule has 2 heterocycles. The Kier molecular flexibility index (Phi) is 2.32. The van der Waals surface area contributed by atoms with Crippen molar-refractivity contribution >= 4 is 0 Å². The van der Waals surface area contributed by atoms with E-state index in [-0.39, 0.29) is 24.8 Å². The molecule has 2 fully saturated rings. The highest BCUT2D eigenvalue weighted by molar-refractivity contribution is 4.83. The molecule has 4 nitrogen and oxygen atoms in total. The van der Waals surface area contributed by atoms with Crippen LogP contribution in [0.3, 0.4) is 0 Å². The fourth-order valence-electron chi connectivity index (χ4n) is 1.41. The van der Waals surface area contributed by atoms with Crippen molar-refractivity contribution in [1.82, 2.24) is 0 Å². The van der Waals surface area contributed by atoms with E-state index in [2.05, 4.69) is 0 Å². The molecule has 0 radical (unpaired) electrons. The van der Waals surface area contributed by atoms with Crippen molar-refractivity contribution in [3.63, 3.8) is 0 Å². The van der Waals surface area contributed by atoms with E-state index in [0.29, 0.717) is 0 Å². The van der Waals surface area contributed by atoms with Gasteiger partial charge in [-0.25, -0.2) is 0 Å². The van der Waals surface area contributed by atoms with Crippen molar-refractivity contribution in [2.75, 3.05) is 14.2 Å². The summed E-state index contributed by atoms with van der Waals surface area (Å²) < 4.78 is 20.4. The highest BCUT2D eigenvalue weighted by atomic mass is 16.8. The first-order valence-corrected chi connectivity index (χ1v) is 4.21. The van der Waals surface area contributed by atoms with Crippen molar-refractivity contribution in [3.05, 3.63) is 0 Å². The Morgan fingerprint density at radius 2 is 1.33 bits per heavy atom. The molecule has 0 amide bonds. The van der Waals surface area contributed by atoms with Crippen molar-refractivity contribution in [1.29, 1.82) is 0 Å². The van der Waals surface area contributed by atoms with Gasteiger partial charge in [-0.05, 0) is 12.8 Å². The van der Waals surface area contributed by atoms with E-state index < -0.39 is 0 Å². The molecule has 2 saturated heterocycles. The molecule has 4 unspecified atom stereocenters. The third-order valence-electron chi connectivity index (χ3n) is 2.27. The number of hydrogen-bond acceptors (Lipinski definition) is 4. The second-order valence-corrected chi connectivity index (χ2v) is 3.13. The van der Waals surface area contributed by atoms with Crippen LogP contribution in [0.2, 0.25) is 0 Å². The van der Waals surface area contributed by atoms with Crippen LogP contribution in [-0.4, -0.2) is 39.0 Å². The largest absolute Gasteiger partial charge is 0.353 e. The zero-order valence-corrected chi connectivity index (χ0v) is 7.36. The lowest BCUT2D eigenvalue weighted by Crippen LogP contribution is -2.01. The van der Waals surface area contributed by atoms with Gasteiger partial charge in [0.1, 0.15) is 12.2 Å². The van der Waals surface area contributed by atoms with E-state index in [0.717, 1.165) is 12.8 Å². The summed E-state index contributed by atoms with van der Waals surface area (Å²) in [6.07, 6.45) is 2.65. The van der Waals surface area contributed by atoms with Crippen LogP contribution < -0.4 is 0 Å². The number of rotatable bonds is 5. The van der Waals surface area contributed by atoms with Gasteiger partial charge < -0.3 is 18.9 Å². The molecule has 0 aromatic rings. The van der Waals surface area contributed by atoms with Gasteiger partial charge in [0.05, 0.1) is 0 Å². The Labute approximate surface area is 71.7 Å². The third kappa shape index (κ3) is 1.77. The molecule has 2 rings (SSSR count). The summed E-state index contributed by atoms with van der Waals surface area (Å²) in [7, 11) is 3.33. The lowest BCUT2D eigenvalue weighted by molar-refractivity contribution is 0.0948. The lowest BCUT2D eigenvalue weighted by atomic mass is 10.2. The van der Waals surface area contributed by atoms with Gasteiger partial charge in [-0.15, -0.1) is 0 Å². The van der Waals surface area contributed by atoms with Crippen molar-refractivity contribution in [2.24, 2.45) is 0 Å². The molecule has 0 aliphatic carbocycles. The number of methoxy groups -OCH3 is 2. The van der Waals surface area contributed by atoms with Gasteiger partial charge in [-0.2, -0.15) is 0 Å².